The van der Waals surface area contributed by atoms with E-state index < -0.39 is 17.1 Å². The van der Waals surface area contributed by atoms with E-state index in [2.05, 4.69) is 16.0 Å². The van der Waals surface area contributed by atoms with Gasteiger partial charge in [-0.1, -0.05) is 78.9 Å². The molecule has 0 bridgehead atoms. The highest BCUT2D eigenvalue weighted by molar-refractivity contribution is 8.00. The van der Waals surface area contributed by atoms with Gasteiger partial charge in [0.25, 0.3) is 11.8 Å². The van der Waals surface area contributed by atoms with Crippen LogP contribution in [0.3, 0.4) is 0 Å². The number of para-hydroxylation sites is 2. The van der Waals surface area contributed by atoms with Gasteiger partial charge in [-0.05, 0) is 78.7 Å². The maximum Gasteiger partial charge on any atom is 0.272 e. The summed E-state index contributed by atoms with van der Waals surface area (Å²) in [5, 5.41) is 8.15. The molecule has 5 rings (SSSR count). The van der Waals surface area contributed by atoms with Gasteiger partial charge in [0.15, 0.2) is 0 Å². The summed E-state index contributed by atoms with van der Waals surface area (Å²) in [4.78, 5) is 43.4. The molecule has 9 heteroatoms. The molecule has 0 aliphatic carbocycles. The minimum Gasteiger partial charge on any atom is -0.492 e. The van der Waals surface area contributed by atoms with Crippen LogP contribution in [-0.4, -0.2) is 38.4 Å². The molecule has 0 saturated heterocycles. The molecule has 0 fully saturated rings. The van der Waals surface area contributed by atoms with Crippen LogP contribution in [0.25, 0.3) is 6.08 Å². The number of hydrogen-bond acceptors (Lipinski definition) is 6. The van der Waals surface area contributed by atoms with E-state index in [0.717, 1.165) is 21.7 Å². The highest BCUT2D eigenvalue weighted by Crippen LogP contribution is 2.38. The summed E-state index contributed by atoms with van der Waals surface area (Å²) in [5.74, 6) is -0.518. The molecular weight excluding hydrogens is 633 g/mol. The van der Waals surface area contributed by atoms with Crippen LogP contribution < -0.4 is 25.6 Å². The number of rotatable bonds is 13. The fraction of sp³-hybridized carbons (Fsp3) is 0.125. The second-order valence-electron chi connectivity index (χ2n) is 11.2. The van der Waals surface area contributed by atoms with Crippen LogP contribution in [0, 0.1) is 0 Å². The Balaban J connectivity index is 1.38. The molecule has 248 valence electrons. The van der Waals surface area contributed by atoms with E-state index >= 15 is 0 Å². The molecule has 8 nitrogen and oxygen atoms in total. The van der Waals surface area contributed by atoms with Gasteiger partial charge >= 0.3 is 0 Å². The summed E-state index contributed by atoms with van der Waals surface area (Å²) in [7, 11) is 3.90. The van der Waals surface area contributed by atoms with Gasteiger partial charge in [-0.3, -0.25) is 14.4 Å². The van der Waals surface area contributed by atoms with Crippen molar-refractivity contribution in [3.05, 3.63) is 156 Å². The van der Waals surface area contributed by atoms with Gasteiger partial charge in [-0.15, -0.1) is 11.8 Å². The number of carbonyl (C=O) groups is 3. The first-order valence-corrected chi connectivity index (χ1v) is 16.7. The maximum atomic E-state index is 13.8. The van der Waals surface area contributed by atoms with Gasteiger partial charge in [0.1, 0.15) is 16.7 Å². The molecule has 0 aromatic heterocycles. The zero-order chi connectivity index (χ0) is 34.6. The molecule has 5 aromatic rings. The number of carbonyl (C=O) groups excluding carboxylic acids is 3. The van der Waals surface area contributed by atoms with Crippen LogP contribution in [0.4, 0.5) is 17.1 Å². The van der Waals surface area contributed by atoms with Crippen molar-refractivity contribution in [2.45, 2.75) is 17.1 Å². The monoisotopic (exact) mass is 670 g/mol. The lowest BCUT2D eigenvalue weighted by atomic mass is 10.1. The second-order valence-corrected chi connectivity index (χ2v) is 12.4. The summed E-state index contributed by atoms with van der Waals surface area (Å²) in [6.45, 7) is 2.36. The van der Waals surface area contributed by atoms with Gasteiger partial charge in [0, 0.05) is 35.9 Å². The minimum atomic E-state index is -0.604. The lowest BCUT2D eigenvalue weighted by molar-refractivity contribution is -0.116. The van der Waals surface area contributed by atoms with Crippen molar-refractivity contribution >= 4 is 52.6 Å². The fourth-order valence-electron chi connectivity index (χ4n) is 4.91. The predicted octanol–water partition coefficient (Wildman–Crippen LogP) is 8.03. The lowest BCUT2D eigenvalue weighted by Crippen LogP contribution is -2.30. The largest absolute Gasteiger partial charge is 0.492 e. The van der Waals surface area contributed by atoms with Gasteiger partial charge < -0.3 is 25.6 Å². The Bertz CT molecular complexity index is 1910. The second kappa shape index (κ2) is 16.9. The number of hydrogen-bond donors (Lipinski definition) is 3. The van der Waals surface area contributed by atoms with Gasteiger partial charge in [0.05, 0.1) is 12.3 Å². The smallest absolute Gasteiger partial charge is 0.272 e. The van der Waals surface area contributed by atoms with Crippen molar-refractivity contribution in [3.63, 3.8) is 0 Å². The van der Waals surface area contributed by atoms with E-state index in [1.54, 1.807) is 36.4 Å². The lowest BCUT2D eigenvalue weighted by Gasteiger charge is -2.19. The summed E-state index contributed by atoms with van der Waals surface area (Å²) in [6, 6.07) is 40.5. The molecule has 3 N–H and O–H groups in total. The third-order valence-electron chi connectivity index (χ3n) is 7.38. The summed E-state index contributed by atoms with van der Waals surface area (Å²) in [5.41, 5.74) is 4.18. The standard InChI is InChI=1S/C40H38N4O4S/c1-4-48-36-21-12-11-20-34(36)42-40(47)37(29-14-7-5-8-15-29)49-33-19-13-18-31(27-33)41-39(46)35(43-38(45)30-16-9-6-10-17-30)26-28-22-24-32(25-23-28)44(2)3/h5-27,37H,4H2,1-3H3,(H,41,46)(H,42,47)(H,43,45)/b35-26+. The van der Waals surface area contributed by atoms with E-state index in [9.17, 15) is 14.4 Å². The molecule has 1 atom stereocenters. The van der Waals surface area contributed by atoms with Crippen LogP contribution in [0.2, 0.25) is 0 Å². The van der Waals surface area contributed by atoms with Crippen LogP contribution in [0.1, 0.15) is 33.7 Å². The van der Waals surface area contributed by atoms with E-state index in [1.165, 1.54) is 11.8 Å². The van der Waals surface area contributed by atoms with Crippen molar-refractivity contribution in [1.29, 1.82) is 0 Å². The Kier molecular flexibility index (Phi) is 11.9. The van der Waals surface area contributed by atoms with Crippen LogP contribution in [0.15, 0.2) is 144 Å². The number of benzene rings is 5. The molecule has 0 aliphatic rings. The summed E-state index contributed by atoms with van der Waals surface area (Å²) in [6.07, 6.45) is 1.64. The van der Waals surface area contributed by atoms with Crippen molar-refractivity contribution in [3.8, 4) is 5.75 Å². The number of nitrogens with one attached hydrogen (secondary N) is 3. The Morgan fingerprint density at radius 3 is 2.14 bits per heavy atom. The summed E-state index contributed by atoms with van der Waals surface area (Å²) < 4.78 is 5.72. The zero-order valence-corrected chi connectivity index (χ0v) is 28.4. The van der Waals surface area contributed by atoms with Crippen molar-refractivity contribution in [1.82, 2.24) is 5.32 Å². The molecule has 3 amide bonds. The van der Waals surface area contributed by atoms with Crippen LogP contribution >= 0.6 is 11.8 Å². The van der Waals surface area contributed by atoms with Crippen molar-refractivity contribution < 1.29 is 19.1 Å². The first-order valence-electron chi connectivity index (χ1n) is 15.8. The Morgan fingerprint density at radius 2 is 1.45 bits per heavy atom. The zero-order valence-electron chi connectivity index (χ0n) is 27.6. The fourth-order valence-corrected chi connectivity index (χ4v) is 5.99. The highest BCUT2D eigenvalue weighted by Gasteiger charge is 2.24. The molecule has 0 aliphatic heterocycles. The first-order chi connectivity index (χ1) is 23.8. The maximum absolute atomic E-state index is 13.8. The van der Waals surface area contributed by atoms with Crippen molar-refractivity contribution in [2.75, 3.05) is 36.2 Å². The molecule has 0 spiro atoms. The first kappa shape index (κ1) is 34.5. The Labute approximate surface area is 291 Å². The number of anilines is 3. The number of nitrogens with zero attached hydrogens (tertiary/aromatic N) is 1. The Hall–Kier alpha value is -5.80. The quantitative estimate of drug-likeness (QED) is 0.0867. The Morgan fingerprint density at radius 1 is 0.776 bits per heavy atom. The number of thioether (sulfide) groups is 1. The molecule has 1 unspecified atom stereocenters. The van der Waals surface area contributed by atoms with Crippen LogP contribution in [-0.2, 0) is 9.59 Å². The molecule has 0 saturated carbocycles. The highest BCUT2D eigenvalue weighted by atomic mass is 32.2. The third-order valence-corrected chi connectivity index (χ3v) is 8.63. The van der Waals surface area contributed by atoms with E-state index in [-0.39, 0.29) is 11.6 Å². The molecule has 5 aromatic carbocycles. The number of amides is 3. The van der Waals surface area contributed by atoms with E-state index in [1.807, 2.05) is 129 Å². The van der Waals surface area contributed by atoms with Gasteiger partial charge in [0.2, 0.25) is 5.91 Å². The van der Waals surface area contributed by atoms with Crippen molar-refractivity contribution in [2.24, 2.45) is 0 Å². The topological polar surface area (TPSA) is 99.8 Å². The van der Waals surface area contributed by atoms with E-state index in [4.69, 9.17) is 4.74 Å². The van der Waals surface area contributed by atoms with Crippen LogP contribution in [0.5, 0.6) is 5.75 Å². The molecule has 0 heterocycles. The minimum absolute atomic E-state index is 0.0824. The van der Waals surface area contributed by atoms with E-state index in [0.29, 0.717) is 29.3 Å². The average Bonchev–Trinajstić information content (AvgIpc) is 3.12. The summed E-state index contributed by atoms with van der Waals surface area (Å²) >= 11 is 1.36. The number of ether oxygens (including phenoxy) is 1. The molecule has 49 heavy (non-hydrogen) atoms. The predicted molar refractivity (Wildman–Crippen MR) is 199 cm³/mol. The van der Waals surface area contributed by atoms with Gasteiger partial charge in [-0.25, -0.2) is 0 Å². The molecule has 0 radical (unpaired) electrons. The third kappa shape index (κ3) is 9.62. The van der Waals surface area contributed by atoms with Gasteiger partial charge in [-0.2, -0.15) is 0 Å². The normalized spacial score (nSPS) is 11.6. The molecular formula is C40H38N4O4S. The SMILES string of the molecule is CCOc1ccccc1NC(=O)C(Sc1cccc(NC(=O)/C(=C\c2ccc(N(C)C)cc2)NC(=O)c2ccccc2)c1)c1ccccc1. The average molecular weight is 671 g/mol.